The van der Waals surface area contributed by atoms with E-state index in [0.717, 1.165) is 43.2 Å². The number of aryl methyl sites for hydroxylation is 2. The third-order valence-corrected chi connectivity index (χ3v) is 9.54. The standard InChI is InChI=1S/C24H28N4O4S2.2C4H8O.C3H7O.ClH.In.Li/c1-20-6-10-23(11-7-20)33(29,30)26-15-17-28(19-22-5-3-4-14-25-22)18-16-27-34(31,32)24-12-8-21(2)9-13-24;2*1-2-4-5-3-1;1-3(2)4;;;/h3-14H,15-19H2,1-2H3;2*1-4H2;3H,1-2H3;1H;;/q-2;;;-1;;+3;+1/p-1. The molecule has 0 spiro atoms. The van der Waals surface area contributed by atoms with Gasteiger partial charge in [-0.2, -0.15) is 0 Å². The topological polar surface area (TPSA) is 154 Å². The van der Waals surface area contributed by atoms with Crippen molar-refractivity contribution >= 4 is 45.9 Å². The van der Waals surface area contributed by atoms with Crippen LogP contribution in [0.1, 0.15) is 56.4 Å². The summed E-state index contributed by atoms with van der Waals surface area (Å²) in [6.07, 6.45) is 6.37. The maximum Gasteiger partial charge on any atom is 3.00 e. The van der Waals surface area contributed by atoms with E-state index in [4.69, 9.17) is 9.47 Å². The van der Waals surface area contributed by atoms with Gasteiger partial charge in [0.05, 0.1) is 5.69 Å². The molecule has 2 fully saturated rings. The molecule has 1 aromatic heterocycles. The van der Waals surface area contributed by atoms with Gasteiger partial charge in [-0.3, -0.25) is 4.98 Å². The van der Waals surface area contributed by atoms with Crippen molar-refractivity contribution in [3.8, 4) is 0 Å². The van der Waals surface area contributed by atoms with E-state index >= 15 is 0 Å². The maximum atomic E-state index is 12.5. The van der Waals surface area contributed by atoms with Gasteiger partial charge in [0.2, 0.25) is 0 Å². The van der Waals surface area contributed by atoms with Gasteiger partial charge in [-0.1, -0.05) is 55.3 Å². The number of nitrogens with zero attached hydrogens (tertiary/aromatic N) is 4. The molecule has 11 nitrogen and oxygen atoms in total. The van der Waals surface area contributed by atoms with Gasteiger partial charge in [0.1, 0.15) is 20.0 Å². The van der Waals surface area contributed by atoms with Crippen molar-refractivity contribution in [1.29, 1.82) is 0 Å². The molecule has 0 unspecified atom stereocenters. The molecular weight excluding hydrogens is 810 g/mol. The molecule has 2 aromatic carbocycles. The van der Waals surface area contributed by atoms with Crippen LogP contribution in [0.4, 0.5) is 0 Å². The normalized spacial score (nSPS) is 13.5. The van der Waals surface area contributed by atoms with E-state index in [9.17, 15) is 21.9 Å². The second-order valence-corrected chi connectivity index (χ2v) is 14.9. The van der Waals surface area contributed by atoms with Gasteiger partial charge in [-0.25, -0.2) is 16.8 Å². The summed E-state index contributed by atoms with van der Waals surface area (Å²) in [5.41, 5.74) is 2.71. The van der Waals surface area contributed by atoms with Crippen LogP contribution in [0.2, 0.25) is 0 Å². The van der Waals surface area contributed by atoms with Crippen LogP contribution >= 0.6 is 0 Å². The van der Waals surface area contributed by atoms with E-state index in [1.165, 1.54) is 49.9 Å². The van der Waals surface area contributed by atoms with Crippen LogP contribution < -0.4 is 36.4 Å². The Balaban J connectivity index is 0. The molecule has 276 valence electrons. The number of sulfonamides is 2. The van der Waals surface area contributed by atoms with E-state index in [1.54, 1.807) is 50.4 Å². The largest absolute Gasteiger partial charge is 3.00 e. The average molecular weight is 861 g/mol. The molecule has 0 radical (unpaired) electrons. The Bertz CT molecular complexity index is 1390. The first-order valence-electron chi connectivity index (χ1n) is 16.3. The molecule has 0 saturated carbocycles. The third kappa shape index (κ3) is 24.1. The SMILES string of the molecule is C1CCOC1.C1CCOC1.CC(C)[O-].Cc1ccc(S(=O)(=O)[N-]CCN(CC[N-]S(=O)(=O)c2ccc(C)cc2)Cc2ccccn2)cc1.[Cl-].[In+3].[Li+]. The predicted octanol–water partition coefficient (Wildman–Crippen LogP) is -0.998. The molecule has 3 aromatic rings. The number of benzene rings is 2. The third-order valence-electron chi connectivity index (χ3n) is 6.76. The summed E-state index contributed by atoms with van der Waals surface area (Å²) >= 11 is 0. The van der Waals surface area contributed by atoms with E-state index < -0.39 is 26.2 Å². The zero-order valence-electron chi connectivity index (χ0n) is 30.6. The number of aromatic nitrogens is 1. The number of hydrogen-bond acceptors (Lipinski definition) is 9. The van der Waals surface area contributed by atoms with E-state index in [-0.39, 0.29) is 80.0 Å². The molecule has 0 bridgehead atoms. The summed E-state index contributed by atoms with van der Waals surface area (Å²) in [5.74, 6) is 0. The molecule has 51 heavy (non-hydrogen) atoms. The minimum absolute atomic E-state index is 0. The van der Waals surface area contributed by atoms with Gasteiger partial charge in [-0.15, -0.1) is 19.2 Å². The summed E-state index contributed by atoms with van der Waals surface area (Å²) < 4.78 is 67.8. The Labute approximate surface area is 343 Å². The second kappa shape index (κ2) is 29.4. The molecule has 0 amide bonds. The molecule has 5 rings (SSSR count). The molecule has 0 atom stereocenters. The number of rotatable bonds is 12. The van der Waals surface area contributed by atoms with Crippen molar-refractivity contribution in [3.63, 3.8) is 0 Å². The monoisotopic (exact) mass is 860 g/mol. The van der Waals surface area contributed by atoms with Crippen molar-refractivity contribution in [2.75, 3.05) is 52.6 Å². The molecule has 0 aliphatic carbocycles. The zero-order valence-corrected chi connectivity index (χ0v) is 36.3. The molecule has 3 heterocycles. The Morgan fingerprint density at radius 1 is 0.725 bits per heavy atom. The maximum absolute atomic E-state index is 12.5. The van der Waals surface area contributed by atoms with Crippen LogP contribution in [-0.4, -0.2) is 111 Å². The number of ether oxygens (including phenoxy) is 2. The Morgan fingerprint density at radius 2 is 1.10 bits per heavy atom. The number of halogens is 1. The number of hydrogen-bond donors (Lipinski definition) is 0. The average Bonchev–Trinajstić information content (AvgIpc) is 3.82. The Hall–Kier alpha value is -0.992. The second-order valence-electron chi connectivity index (χ2n) is 11.6. The summed E-state index contributed by atoms with van der Waals surface area (Å²) in [6, 6.07) is 18.6. The van der Waals surface area contributed by atoms with Crippen molar-refractivity contribution in [1.82, 2.24) is 9.88 Å². The van der Waals surface area contributed by atoms with Crippen molar-refractivity contribution < 1.29 is 62.7 Å². The van der Waals surface area contributed by atoms with Crippen LogP contribution in [0.25, 0.3) is 9.44 Å². The molecule has 16 heteroatoms. The Kier molecular flexibility index (Phi) is 30.0. The smallest absolute Gasteiger partial charge is 1.00 e. The van der Waals surface area contributed by atoms with Crippen LogP contribution in [0.5, 0.6) is 0 Å². The minimum atomic E-state index is -3.77. The fourth-order valence-electron chi connectivity index (χ4n) is 4.19. The first-order chi connectivity index (χ1) is 22.9. The van der Waals surface area contributed by atoms with Gasteiger partial charge < -0.3 is 41.3 Å². The number of pyridine rings is 1. The molecular formula is C35H51ClInLiN4O7S2. The quantitative estimate of drug-likeness (QED) is 0.209. The fourth-order valence-corrected chi connectivity index (χ4v) is 6.09. The van der Waals surface area contributed by atoms with Crippen LogP contribution in [-0.2, 0) is 36.1 Å². The van der Waals surface area contributed by atoms with Crippen LogP contribution in [0.3, 0.4) is 0 Å². The van der Waals surface area contributed by atoms with Gasteiger partial charge in [-0.05, 0) is 89.0 Å². The predicted molar refractivity (Wildman–Crippen MR) is 194 cm³/mol. The van der Waals surface area contributed by atoms with E-state index in [1.807, 2.05) is 30.9 Å². The molecule has 2 aliphatic heterocycles. The van der Waals surface area contributed by atoms with Gasteiger partial charge in [0, 0.05) is 49.0 Å². The fraction of sp³-hybridized carbons (Fsp3) is 0.514. The van der Waals surface area contributed by atoms with E-state index in [2.05, 4.69) is 14.4 Å². The van der Waals surface area contributed by atoms with Crippen LogP contribution in [0.15, 0.2) is 82.7 Å². The minimum Gasteiger partial charge on any atom is -1.00 e. The summed E-state index contributed by atoms with van der Waals surface area (Å²) in [6.45, 7) is 12.1. The Morgan fingerprint density at radius 3 is 1.39 bits per heavy atom. The van der Waals surface area contributed by atoms with Gasteiger partial charge in [0.15, 0.2) is 0 Å². The first kappa shape index (κ1) is 52.1. The summed E-state index contributed by atoms with van der Waals surface area (Å²) in [7, 11) is -7.53. The van der Waals surface area contributed by atoms with E-state index in [0.29, 0.717) is 19.6 Å². The first-order valence-corrected chi connectivity index (χ1v) is 19.2. The molecule has 2 saturated heterocycles. The molecule has 2 aliphatic rings. The summed E-state index contributed by atoms with van der Waals surface area (Å²) in [5, 5.41) is 9.53. The van der Waals surface area contributed by atoms with Gasteiger partial charge in [0.25, 0.3) is 0 Å². The van der Waals surface area contributed by atoms with Crippen molar-refractivity contribution in [3.05, 3.63) is 99.2 Å². The summed E-state index contributed by atoms with van der Waals surface area (Å²) in [4.78, 5) is 6.49. The van der Waals surface area contributed by atoms with Crippen LogP contribution in [0, 0.1) is 13.8 Å². The van der Waals surface area contributed by atoms with Crippen molar-refractivity contribution in [2.45, 2.75) is 75.8 Å². The van der Waals surface area contributed by atoms with Gasteiger partial charge >= 0.3 is 44.7 Å². The van der Waals surface area contributed by atoms with Crippen molar-refractivity contribution in [2.24, 2.45) is 0 Å². The zero-order chi connectivity index (χ0) is 35.3. The molecule has 0 N–H and O–H groups in total.